The van der Waals surface area contributed by atoms with E-state index in [1.165, 1.54) is 18.7 Å². The first-order valence-electron chi connectivity index (χ1n) is 5.01. The summed E-state index contributed by atoms with van der Waals surface area (Å²) in [5.74, 6) is 0.176. The molecule has 17 heavy (non-hydrogen) atoms. The third-order valence-corrected chi connectivity index (χ3v) is 2.12. The Morgan fingerprint density at radius 1 is 1.24 bits per heavy atom. The molecule has 2 aromatic heterocycles. The van der Waals surface area contributed by atoms with E-state index in [-0.39, 0.29) is 5.91 Å². The van der Waals surface area contributed by atoms with Crippen molar-refractivity contribution in [2.45, 2.75) is 6.54 Å². The second-order valence-corrected chi connectivity index (χ2v) is 3.34. The predicted octanol–water partition coefficient (Wildman–Crippen LogP) is 0.583. The van der Waals surface area contributed by atoms with Crippen molar-refractivity contribution in [3.05, 3.63) is 48.2 Å². The minimum absolute atomic E-state index is 0.293. The first kappa shape index (κ1) is 11.2. The van der Waals surface area contributed by atoms with E-state index in [0.717, 1.165) is 5.56 Å². The van der Waals surface area contributed by atoms with E-state index in [4.69, 9.17) is 5.73 Å². The van der Waals surface area contributed by atoms with Gasteiger partial charge in [-0.15, -0.1) is 0 Å². The number of pyridine rings is 1. The van der Waals surface area contributed by atoms with Crippen LogP contribution in [-0.4, -0.2) is 20.9 Å². The molecular formula is C11H11N5O. The first-order chi connectivity index (χ1) is 8.29. The standard InChI is InChI=1S/C11H11N5O/c12-3-8-1-2-10(15-4-8)16-11(17)9-5-13-7-14-6-9/h1-2,4-7H,3,12H2,(H,15,16,17). The van der Waals surface area contributed by atoms with Crippen LogP contribution in [-0.2, 0) is 6.54 Å². The van der Waals surface area contributed by atoms with Crippen LogP contribution in [0.3, 0.4) is 0 Å². The molecule has 0 bridgehead atoms. The van der Waals surface area contributed by atoms with Crippen molar-refractivity contribution in [3.63, 3.8) is 0 Å². The average molecular weight is 229 g/mol. The van der Waals surface area contributed by atoms with Crippen molar-refractivity contribution in [2.75, 3.05) is 5.32 Å². The molecule has 86 valence electrons. The number of carbonyl (C=O) groups excluding carboxylic acids is 1. The van der Waals surface area contributed by atoms with Gasteiger partial charge in [0.25, 0.3) is 5.91 Å². The molecule has 1 amide bonds. The maximum Gasteiger partial charge on any atom is 0.259 e. The summed E-state index contributed by atoms with van der Waals surface area (Å²) < 4.78 is 0. The summed E-state index contributed by atoms with van der Waals surface area (Å²) in [6.45, 7) is 0.424. The second-order valence-electron chi connectivity index (χ2n) is 3.34. The van der Waals surface area contributed by atoms with Crippen molar-refractivity contribution >= 4 is 11.7 Å². The van der Waals surface area contributed by atoms with Crippen LogP contribution in [0, 0.1) is 0 Å². The molecule has 2 heterocycles. The molecule has 0 aliphatic heterocycles. The fraction of sp³-hybridized carbons (Fsp3) is 0.0909. The van der Waals surface area contributed by atoms with Gasteiger partial charge in [-0.3, -0.25) is 4.79 Å². The summed E-state index contributed by atoms with van der Waals surface area (Å²) in [5.41, 5.74) is 6.74. The number of hydrogen-bond acceptors (Lipinski definition) is 5. The monoisotopic (exact) mass is 229 g/mol. The summed E-state index contributed by atoms with van der Waals surface area (Å²) in [6, 6.07) is 3.51. The van der Waals surface area contributed by atoms with Gasteiger partial charge in [-0.25, -0.2) is 15.0 Å². The van der Waals surface area contributed by atoms with Gasteiger partial charge in [-0.05, 0) is 11.6 Å². The Kier molecular flexibility index (Phi) is 3.37. The predicted molar refractivity (Wildman–Crippen MR) is 62.1 cm³/mol. The molecule has 0 aliphatic rings. The minimum atomic E-state index is -0.293. The van der Waals surface area contributed by atoms with Crippen LogP contribution in [0.1, 0.15) is 15.9 Å². The Morgan fingerprint density at radius 2 is 2.00 bits per heavy atom. The van der Waals surface area contributed by atoms with Crippen LogP contribution < -0.4 is 11.1 Å². The molecule has 0 atom stereocenters. The highest BCUT2D eigenvalue weighted by molar-refractivity contribution is 6.03. The molecule has 2 aromatic rings. The number of carbonyl (C=O) groups is 1. The van der Waals surface area contributed by atoms with Gasteiger partial charge >= 0.3 is 0 Å². The molecule has 0 radical (unpaired) electrons. The van der Waals surface area contributed by atoms with E-state index in [0.29, 0.717) is 17.9 Å². The Hall–Kier alpha value is -2.34. The Bertz CT molecular complexity index is 497. The number of rotatable bonds is 3. The molecule has 0 aromatic carbocycles. The molecule has 6 nitrogen and oxygen atoms in total. The number of amides is 1. The highest BCUT2D eigenvalue weighted by atomic mass is 16.1. The lowest BCUT2D eigenvalue weighted by Crippen LogP contribution is -2.13. The number of nitrogens with one attached hydrogen (secondary N) is 1. The molecule has 0 fully saturated rings. The largest absolute Gasteiger partial charge is 0.326 e. The lowest BCUT2D eigenvalue weighted by Gasteiger charge is -2.04. The van der Waals surface area contributed by atoms with Crippen LogP contribution in [0.15, 0.2) is 37.1 Å². The summed E-state index contributed by atoms with van der Waals surface area (Å²) in [4.78, 5) is 23.3. The molecule has 0 unspecified atom stereocenters. The Balaban J connectivity index is 2.08. The Morgan fingerprint density at radius 3 is 2.59 bits per heavy atom. The van der Waals surface area contributed by atoms with Crippen molar-refractivity contribution in [1.82, 2.24) is 15.0 Å². The fourth-order valence-corrected chi connectivity index (χ4v) is 1.22. The lowest BCUT2D eigenvalue weighted by molar-refractivity contribution is 0.102. The number of aromatic nitrogens is 3. The SMILES string of the molecule is NCc1ccc(NC(=O)c2cncnc2)nc1. The van der Waals surface area contributed by atoms with Gasteiger partial charge in [0.2, 0.25) is 0 Å². The number of anilines is 1. The van der Waals surface area contributed by atoms with Crippen LogP contribution in [0.2, 0.25) is 0 Å². The zero-order valence-corrected chi connectivity index (χ0v) is 9.00. The van der Waals surface area contributed by atoms with E-state index >= 15 is 0 Å². The first-order valence-corrected chi connectivity index (χ1v) is 5.01. The lowest BCUT2D eigenvalue weighted by atomic mass is 10.3. The van der Waals surface area contributed by atoms with Crippen molar-refractivity contribution in [3.8, 4) is 0 Å². The molecular weight excluding hydrogens is 218 g/mol. The van der Waals surface area contributed by atoms with Gasteiger partial charge in [0.1, 0.15) is 12.1 Å². The topological polar surface area (TPSA) is 93.8 Å². The molecule has 0 saturated carbocycles. The van der Waals surface area contributed by atoms with E-state index in [1.807, 2.05) is 6.07 Å². The van der Waals surface area contributed by atoms with Crippen molar-refractivity contribution in [1.29, 1.82) is 0 Å². The van der Waals surface area contributed by atoms with E-state index in [1.54, 1.807) is 12.3 Å². The fourth-order valence-electron chi connectivity index (χ4n) is 1.22. The van der Waals surface area contributed by atoms with E-state index in [2.05, 4.69) is 20.3 Å². The summed E-state index contributed by atoms with van der Waals surface area (Å²) in [5, 5.41) is 2.64. The maximum atomic E-state index is 11.7. The number of nitrogens with two attached hydrogens (primary N) is 1. The molecule has 6 heteroatoms. The van der Waals surface area contributed by atoms with E-state index < -0.39 is 0 Å². The van der Waals surface area contributed by atoms with Gasteiger partial charge in [0.15, 0.2) is 0 Å². The van der Waals surface area contributed by atoms with Gasteiger partial charge < -0.3 is 11.1 Å². The summed E-state index contributed by atoms with van der Waals surface area (Å²) >= 11 is 0. The third-order valence-electron chi connectivity index (χ3n) is 2.12. The Labute approximate surface area is 97.9 Å². The summed E-state index contributed by atoms with van der Waals surface area (Å²) in [7, 11) is 0. The second kappa shape index (κ2) is 5.13. The molecule has 0 spiro atoms. The third kappa shape index (κ3) is 2.82. The van der Waals surface area contributed by atoms with Crippen LogP contribution >= 0.6 is 0 Å². The van der Waals surface area contributed by atoms with Gasteiger partial charge in [0, 0.05) is 25.1 Å². The normalized spacial score (nSPS) is 9.94. The zero-order valence-electron chi connectivity index (χ0n) is 9.00. The van der Waals surface area contributed by atoms with Crippen molar-refractivity contribution < 1.29 is 4.79 Å². The number of hydrogen-bond donors (Lipinski definition) is 2. The quantitative estimate of drug-likeness (QED) is 0.803. The zero-order chi connectivity index (χ0) is 12.1. The highest BCUT2D eigenvalue weighted by Crippen LogP contribution is 2.06. The average Bonchev–Trinajstić information content (AvgIpc) is 2.40. The molecule has 3 N–H and O–H groups in total. The van der Waals surface area contributed by atoms with Crippen LogP contribution in [0.25, 0.3) is 0 Å². The smallest absolute Gasteiger partial charge is 0.259 e. The maximum absolute atomic E-state index is 11.7. The molecule has 0 aliphatic carbocycles. The minimum Gasteiger partial charge on any atom is -0.326 e. The van der Waals surface area contributed by atoms with E-state index in [9.17, 15) is 4.79 Å². The van der Waals surface area contributed by atoms with Crippen molar-refractivity contribution in [2.24, 2.45) is 5.73 Å². The molecule has 2 rings (SSSR count). The molecule has 0 saturated heterocycles. The van der Waals surface area contributed by atoms with Crippen LogP contribution in [0.5, 0.6) is 0 Å². The van der Waals surface area contributed by atoms with Crippen LogP contribution in [0.4, 0.5) is 5.82 Å². The van der Waals surface area contributed by atoms with Gasteiger partial charge in [-0.2, -0.15) is 0 Å². The van der Waals surface area contributed by atoms with Gasteiger partial charge in [0.05, 0.1) is 5.56 Å². The number of nitrogens with zero attached hydrogens (tertiary/aromatic N) is 3. The van der Waals surface area contributed by atoms with Gasteiger partial charge in [-0.1, -0.05) is 6.07 Å². The highest BCUT2D eigenvalue weighted by Gasteiger charge is 2.06. The summed E-state index contributed by atoms with van der Waals surface area (Å²) in [6.07, 6.45) is 5.87.